The number of aryl methyl sites for hydroxylation is 1. The van der Waals surface area contributed by atoms with Crippen LogP contribution in [0.2, 0.25) is 0 Å². The van der Waals surface area contributed by atoms with Crippen molar-refractivity contribution in [2.75, 3.05) is 14.2 Å². The molecule has 7 heteroatoms. The molecule has 0 bridgehead atoms. The van der Waals surface area contributed by atoms with Crippen LogP contribution in [0.25, 0.3) is 11.8 Å². The normalized spacial score (nSPS) is 20.8. The van der Waals surface area contributed by atoms with E-state index in [1.807, 2.05) is 54.1 Å². The van der Waals surface area contributed by atoms with Crippen molar-refractivity contribution in [2.45, 2.75) is 51.1 Å². The van der Waals surface area contributed by atoms with Crippen molar-refractivity contribution in [2.24, 2.45) is 0 Å². The van der Waals surface area contributed by atoms with Gasteiger partial charge in [-0.1, -0.05) is 18.2 Å². The van der Waals surface area contributed by atoms with Crippen LogP contribution in [0.15, 0.2) is 60.6 Å². The molecule has 2 atom stereocenters. The number of carbonyl (C=O) groups excluding carboxylic acids is 2. The maximum Gasteiger partial charge on any atom is 0.337 e. The quantitative estimate of drug-likeness (QED) is 0.363. The molecule has 2 saturated heterocycles. The summed E-state index contributed by atoms with van der Waals surface area (Å²) >= 11 is 0. The van der Waals surface area contributed by atoms with Gasteiger partial charge in [0, 0.05) is 17.8 Å². The first-order chi connectivity index (χ1) is 17.5. The molecular formula is C29H31N3O4. The Balaban J connectivity index is 1.42. The highest BCUT2D eigenvalue weighted by molar-refractivity contribution is 5.99. The third kappa shape index (κ3) is 4.53. The van der Waals surface area contributed by atoms with Crippen molar-refractivity contribution in [1.29, 1.82) is 0 Å². The first-order valence-electron chi connectivity index (χ1n) is 12.4. The molecule has 1 amide bonds. The Hall–Kier alpha value is -3.87. The van der Waals surface area contributed by atoms with Gasteiger partial charge in [0.25, 0.3) is 5.91 Å². The van der Waals surface area contributed by atoms with Crippen molar-refractivity contribution in [3.63, 3.8) is 0 Å². The maximum atomic E-state index is 13.8. The minimum atomic E-state index is -0.355. The molecule has 1 aromatic heterocycles. The Morgan fingerprint density at radius 1 is 1.08 bits per heavy atom. The van der Waals surface area contributed by atoms with Crippen LogP contribution in [-0.2, 0) is 9.53 Å². The Bertz CT molecular complexity index is 1310. The number of methoxy groups -OCH3 is 2. The first kappa shape index (κ1) is 23.9. The standard InChI is InChI=1S/C29H31N3O4/c1-19-17-31(18-30-19)26-14-7-20(16-27(26)35-2)15-23-12-13-24-5-4-6-25(32(24)28(23)33)21-8-10-22(11-9-21)29(34)36-3/h7-11,14-18,24-25H,4-6,12-13H2,1-3H3/t24-,25-/m0/s1. The molecular weight excluding hydrogens is 454 g/mol. The van der Waals surface area contributed by atoms with Crippen molar-refractivity contribution in [1.82, 2.24) is 14.5 Å². The SMILES string of the molecule is COC(=O)c1ccc([C@@H]2CCC[C@H]3CCC(=Cc4ccc(-n5cnc(C)c5)c(OC)c4)C(=O)N32)cc1. The van der Waals surface area contributed by atoms with Gasteiger partial charge in [-0.3, -0.25) is 4.79 Å². The van der Waals surface area contributed by atoms with Crippen LogP contribution in [0.3, 0.4) is 0 Å². The van der Waals surface area contributed by atoms with Gasteiger partial charge in [0.1, 0.15) is 5.75 Å². The summed E-state index contributed by atoms with van der Waals surface area (Å²) in [4.78, 5) is 32.0. The third-order valence-electron chi connectivity index (χ3n) is 7.25. The number of nitrogens with zero attached hydrogens (tertiary/aromatic N) is 3. The number of aromatic nitrogens is 2. The van der Waals surface area contributed by atoms with Crippen LogP contribution in [0, 0.1) is 6.92 Å². The number of hydrogen-bond donors (Lipinski definition) is 0. The number of hydrogen-bond acceptors (Lipinski definition) is 5. The second-order valence-electron chi connectivity index (χ2n) is 9.49. The van der Waals surface area contributed by atoms with E-state index in [4.69, 9.17) is 9.47 Å². The lowest BCUT2D eigenvalue weighted by molar-refractivity contribution is -0.136. The van der Waals surface area contributed by atoms with E-state index in [1.54, 1.807) is 25.6 Å². The third-order valence-corrected chi connectivity index (χ3v) is 7.25. The fraction of sp³-hybridized carbons (Fsp3) is 0.345. The van der Waals surface area contributed by atoms with Gasteiger partial charge in [0.15, 0.2) is 0 Å². The second kappa shape index (κ2) is 10.0. The van der Waals surface area contributed by atoms with Crippen molar-refractivity contribution < 1.29 is 19.1 Å². The number of imidazole rings is 1. The molecule has 2 aliphatic heterocycles. The van der Waals surface area contributed by atoms with E-state index in [1.165, 1.54) is 7.11 Å². The summed E-state index contributed by atoms with van der Waals surface area (Å²) in [7, 11) is 3.03. The van der Waals surface area contributed by atoms with E-state index < -0.39 is 0 Å². The van der Waals surface area contributed by atoms with Crippen molar-refractivity contribution >= 4 is 18.0 Å². The molecule has 0 aliphatic carbocycles. The van der Waals surface area contributed by atoms with Gasteiger partial charge in [-0.15, -0.1) is 0 Å². The molecule has 2 fully saturated rings. The molecule has 186 valence electrons. The zero-order chi connectivity index (χ0) is 25.2. The number of carbonyl (C=O) groups is 2. The lowest BCUT2D eigenvalue weighted by atomic mass is 9.83. The number of fused-ring (bicyclic) bond motifs is 1. The average molecular weight is 486 g/mol. The van der Waals surface area contributed by atoms with Gasteiger partial charge in [0.05, 0.1) is 43.5 Å². The number of piperidine rings is 2. The van der Waals surface area contributed by atoms with E-state index in [9.17, 15) is 9.59 Å². The molecule has 7 nitrogen and oxygen atoms in total. The summed E-state index contributed by atoms with van der Waals surface area (Å²) in [6.07, 6.45) is 10.5. The van der Waals surface area contributed by atoms with Crippen LogP contribution in [0.5, 0.6) is 5.75 Å². The average Bonchev–Trinajstić information content (AvgIpc) is 3.35. The molecule has 0 radical (unpaired) electrons. The van der Waals surface area contributed by atoms with Crippen LogP contribution < -0.4 is 4.74 Å². The smallest absolute Gasteiger partial charge is 0.337 e. The minimum absolute atomic E-state index is 0.00744. The van der Waals surface area contributed by atoms with E-state index >= 15 is 0 Å². The summed E-state index contributed by atoms with van der Waals surface area (Å²) in [6, 6.07) is 13.7. The molecule has 36 heavy (non-hydrogen) atoms. The Morgan fingerprint density at radius 2 is 1.89 bits per heavy atom. The van der Waals surface area contributed by atoms with Crippen LogP contribution in [0.4, 0.5) is 0 Å². The van der Waals surface area contributed by atoms with Crippen molar-refractivity contribution in [3.05, 3.63) is 82.9 Å². The number of amides is 1. The Morgan fingerprint density at radius 3 is 2.58 bits per heavy atom. The summed E-state index contributed by atoms with van der Waals surface area (Å²) in [5, 5.41) is 0. The number of rotatable bonds is 5. The number of benzene rings is 2. The molecule has 0 saturated carbocycles. The highest BCUT2D eigenvalue weighted by atomic mass is 16.5. The van der Waals surface area contributed by atoms with Crippen molar-refractivity contribution in [3.8, 4) is 11.4 Å². The molecule has 5 rings (SSSR count). The lowest BCUT2D eigenvalue weighted by Crippen LogP contribution is -2.49. The van der Waals surface area contributed by atoms with Crippen LogP contribution in [0.1, 0.15) is 65.3 Å². The molecule has 0 N–H and O–H groups in total. The predicted octanol–water partition coefficient (Wildman–Crippen LogP) is 5.28. The van der Waals surface area contributed by atoms with Gasteiger partial charge in [-0.2, -0.15) is 0 Å². The van der Waals surface area contributed by atoms with Gasteiger partial charge < -0.3 is 18.9 Å². The fourth-order valence-corrected chi connectivity index (χ4v) is 5.44. The maximum absolute atomic E-state index is 13.8. The highest BCUT2D eigenvalue weighted by Gasteiger charge is 2.39. The van der Waals surface area contributed by atoms with E-state index in [0.717, 1.165) is 65.9 Å². The Labute approximate surface area is 211 Å². The molecule has 0 spiro atoms. The van der Waals surface area contributed by atoms with Crippen LogP contribution in [-0.4, -0.2) is 46.6 Å². The summed E-state index contributed by atoms with van der Waals surface area (Å²) < 4.78 is 12.4. The van der Waals surface area contributed by atoms with Crippen LogP contribution >= 0.6 is 0 Å². The summed E-state index contributed by atoms with van der Waals surface area (Å²) in [5.74, 6) is 0.470. The summed E-state index contributed by atoms with van der Waals surface area (Å²) in [6.45, 7) is 1.95. The van der Waals surface area contributed by atoms with E-state index in [-0.39, 0.29) is 24.0 Å². The zero-order valence-electron chi connectivity index (χ0n) is 20.9. The number of esters is 1. The molecule has 2 aromatic carbocycles. The van der Waals surface area contributed by atoms with Gasteiger partial charge >= 0.3 is 5.97 Å². The van der Waals surface area contributed by atoms with Gasteiger partial charge in [-0.05, 0) is 80.5 Å². The van der Waals surface area contributed by atoms with E-state index in [0.29, 0.717) is 5.56 Å². The highest BCUT2D eigenvalue weighted by Crippen LogP contribution is 2.41. The molecule has 0 unspecified atom stereocenters. The zero-order valence-corrected chi connectivity index (χ0v) is 20.9. The Kier molecular flexibility index (Phi) is 6.63. The lowest BCUT2D eigenvalue weighted by Gasteiger charge is -2.46. The molecule has 3 heterocycles. The first-order valence-corrected chi connectivity index (χ1v) is 12.4. The number of ether oxygens (including phenoxy) is 2. The second-order valence-corrected chi connectivity index (χ2v) is 9.49. The van der Waals surface area contributed by atoms with Gasteiger partial charge in [-0.25, -0.2) is 9.78 Å². The fourth-order valence-electron chi connectivity index (χ4n) is 5.44. The topological polar surface area (TPSA) is 73.7 Å². The molecule has 3 aromatic rings. The van der Waals surface area contributed by atoms with E-state index in [2.05, 4.69) is 9.88 Å². The monoisotopic (exact) mass is 485 g/mol. The minimum Gasteiger partial charge on any atom is -0.495 e. The largest absolute Gasteiger partial charge is 0.495 e. The molecule has 2 aliphatic rings. The predicted molar refractivity (Wildman–Crippen MR) is 137 cm³/mol. The summed E-state index contributed by atoms with van der Waals surface area (Å²) in [5.41, 5.74) is 5.16. The van der Waals surface area contributed by atoms with Gasteiger partial charge in [0.2, 0.25) is 0 Å².